The van der Waals surface area contributed by atoms with E-state index in [2.05, 4.69) is 27.8 Å². The van der Waals surface area contributed by atoms with Crippen molar-refractivity contribution >= 4 is 11.9 Å². The molecule has 0 aliphatic carbocycles. The number of nitrogens with zero attached hydrogens (tertiary/aromatic N) is 1. The number of amides is 3. The Bertz CT molecular complexity index is 304. The summed E-state index contributed by atoms with van der Waals surface area (Å²) in [6.07, 6.45) is 3.43. The molecule has 0 aromatic carbocycles. The van der Waals surface area contributed by atoms with Crippen molar-refractivity contribution in [3.63, 3.8) is 0 Å². The van der Waals surface area contributed by atoms with Gasteiger partial charge in [-0.3, -0.25) is 15.0 Å². The summed E-state index contributed by atoms with van der Waals surface area (Å²) in [6.45, 7) is 8.67. The molecule has 0 aromatic rings. The van der Waals surface area contributed by atoms with Gasteiger partial charge in [0.25, 0.3) is 0 Å². The maximum Gasteiger partial charge on any atom is 0.321 e. The second-order valence-corrected chi connectivity index (χ2v) is 5.36. The van der Waals surface area contributed by atoms with Crippen molar-refractivity contribution in [3.8, 4) is 0 Å². The zero-order valence-corrected chi connectivity index (χ0v) is 12.7. The summed E-state index contributed by atoms with van der Waals surface area (Å²) in [5.74, 6) is 0.376. The standard InChI is InChI=1S/C14H28N4O2/c1-3-8-18(10-12-6-5-7-15-9-12)11-13(19)17-14(20)16-4-2/h12,15H,3-11H2,1-2H3,(H2,16,17,19,20). The van der Waals surface area contributed by atoms with E-state index < -0.39 is 6.03 Å². The summed E-state index contributed by atoms with van der Waals surface area (Å²) >= 11 is 0. The molecule has 1 unspecified atom stereocenters. The maximum absolute atomic E-state index is 11.8. The highest BCUT2D eigenvalue weighted by Crippen LogP contribution is 2.11. The van der Waals surface area contributed by atoms with Crippen LogP contribution in [0.2, 0.25) is 0 Å². The molecule has 0 spiro atoms. The second kappa shape index (κ2) is 9.72. The van der Waals surface area contributed by atoms with E-state index in [9.17, 15) is 9.59 Å². The molecule has 0 radical (unpaired) electrons. The number of carbonyl (C=O) groups is 2. The molecule has 1 aliphatic rings. The highest BCUT2D eigenvalue weighted by Gasteiger charge is 2.19. The van der Waals surface area contributed by atoms with Crippen LogP contribution in [-0.4, -0.2) is 56.1 Å². The number of carbonyl (C=O) groups excluding carboxylic acids is 2. The fraction of sp³-hybridized carbons (Fsp3) is 0.857. The molecule has 1 saturated heterocycles. The van der Waals surface area contributed by atoms with Gasteiger partial charge in [-0.1, -0.05) is 6.92 Å². The molecule has 1 aliphatic heterocycles. The van der Waals surface area contributed by atoms with E-state index in [0.717, 1.165) is 32.6 Å². The van der Waals surface area contributed by atoms with E-state index in [0.29, 0.717) is 19.0 Å². The lowest BCUT2D eigenvalue weighted by Crippen LogP contribution is -2.46. The van der Waals surface area contributed by atoms with Crippen molar-refractivity contribution in [1.29, 1.82) is 0 Å². The third-order valence-corrected chi connectivity index (χ3v) is 3.41. The molecule has 3 amide bonds. The fourth-order valence-corrected chi connectivity index (χ4v) is 2.57. The lowest BCUT2D eigenvalue weighted by Gasteiger charge is -2.29. The van der Waals surface area contributed by atoms with Crippen LogP contribution < -0.4 is 16.0 Å². The minimum atomic E-state index is -0.409. The molecule has 0 bridgehead atoms. The minimum Gasteiger partial charge on any atom is -0.338 e. The Kier molecular flexibility index (Phi) is 8.22. The Balaban J connectivity index is 2.36. The van der Waals surface area contributed by atoms with Gasteiger partial charge in [-0.2, -0.15) is 0 Å². The first-order valence-electron chi connectivity index (χ1n) is 7.66. The first-order valence-corrected chi connectivity index (χ1v) is 7.66. The van der Waals surface area contributed by atoms with Crippen LogP contribution in [0.1, 0.15) is 33.1 Å². The Labute approximate surface area is 121 Å². The molecule has 1 heterocycles. The predicted molar refractivity (Wildman–Crippen MR) is 79.5 cm³/mol. The monoisotopic (exact) mass is 284 g/mol. The van der Waals surface area contributed by atoms with Gasteiger partial charge in [0.05, 0.1) is 6.54 Å². The molecule has 1 atom stereocenters. The number of piperidine rings is 1. The number of urea groups is 1. The lowest BCUT2D eigenvalue weighted by molar-refractivity contribution is -0.121. The van der Waals surface area contributed by atoms with Crippen molar-refractivity contribution in [1.82, 2.24) is 20.9 Å². The van der Waals surface area contributed by atoms with Gasteiger partial charge in [0, 0.05) is 13.1 Å². The van der Waals surface area contributed by atoms with Gasteiger partial charge in [-0.15, -0.1) is 0 Å². The highest BCUT2D eigenvalue weighted by atomic mass is 16.2. The summed E-state index contributed by atoms with van der Waals surface area (Å²) in [6, 6.07) is -0.409. The average molecular weight is 284 g/mol. The third kappa shape index (κ3) is 6.86. The average Bonchev–Trinajstić information content (AvgIpc) is 2.40. The fourth-order valence-electron chi connectivity index (χ4n) is 2.57. The molecular formula is C14H28N4O2. The first-order chi connectivity index (χ1) is 9.65. The maximum atomic E-state index is 11.8. The quantitative estimate of drug-likeness (QED) is 0.638. The summed E-state index contributed by atoms with van der Waals surface area (Å²) in [5, 5.41) is 8.32. The van der Waals surface area contributed by atoms with Crippen LogP contribution in [0.15, 0.2) is 0 Å². The third-order valence-electron chi connectivity index (χ3n) is 3.41. The Morgan fingerprint density at radius 1 is 1.35 bits per heavy atom. The number of hydrogen-bond donors (Lipinski definition) is 3. The van der Waals surface area contributed by atoms with Crippen molar-refractivity contribution in [2.24, 2.45) is 5.92 Å². The Morgan fingerprint density at radius 3 is 2.75 bits per heavy atom. The van der Waals surface area contributed by atoms with E-state index >= 15 is 0 Å². The summed E-state index contributed by atoms with van der Waals surface area (Å²) in [4.78, 5) is 25.3. The SMILES string of the molecule is CCCN(CC(=O)NC(=O)NCC)CC1CCCNC1. The second-order valence-electron chi connectivity index (χ2n) is 5.36. The molecule has 6 heteroatoms. The van der Waals surface area contributed by atoms with Crippen LogP contribution >= 0.6 is 0 Å². The van der Waals surface area contributed by atoms with Gasteiger partial charge in [0.1, 0.15) is 0 Å². The largest absolute Gasteiger partial charge is 0.338 e. The van der Waals surface area contributed by atoms with Gasteiger partial charge in [0.15, 0.2) is 0 Å². The van der Waals surface area contributed by atoms with Crippen molar-refractivity contribution in [2.75, 3.05) is 39.3 Å². The van der Waals surface area contributed by atoms with Crippen LogP contribution in [0.25, 0.3) is 0 Å². The molecular weight excluding hydrogens is 256 g/mol. The van der Waals surface area contributed by atoms with Gasteiger partial charge in [0.2, 0.25) is 5.91 Å². The Morgan fingerprint density at radius 2 is 2.15 bits per heavy atom. The van der Waals surface area contributed by atoms with Crippen LogP contribution in [0.3, 0.4) is 0 Å². The van der Waals surface area contributed by atoms with E-state index in [-0.39, 0.29) is 5.91 Å². The van der Waals surface area contributed by atoms with Crippen molar-refractivity contribution in [2.45, 2.75) is 33.1 Å². The number of nitrogens with one attached hydrogen (secondary N) is 3. The van der Waals surface area contributed by atoms with E-state index in [4.69, 9.17) is 0 Å². The van der Waals surface area contributed by atoms with Gasteiger partial charge < -0.3 is 10.6 Å². The van der Waals surface area contributed by atoms with Crippen LogP contribution in [0.4, 0.5) is 4.79 Å². The van der Waals surface area contributed by atoms with Crippen molar-refractivity contribution in [3.05, 3.63) is 0 Å². The molecule has 0 aromatic heterocycles. The van der Waals surface area contributed by atoms with Gasteiger partial charge in [-0.25, -0.2) is 4.79 Å². The molecule has 20 heavy (non-hydrogen) atoms. The van der Waals surface area contributed by atoms with Crippen LogP contribution in [0.5, 0.6) is 0 Å². The lowest BCUT2D eigenvalue weighted by atomic mass is 9.99. The normalized spacial score (nSPS) is 18.9. The zero-order valence-electron chi connectivity index (χ0n) is 12.7. The van der Waals surface area contributed by atoms with Gasteiger partial charge in [-0.05, 0) is 51.7 Å². The van der Waals surface area contributed by atoms with E-state index in [1.165, 1.54) is 12.8 Å². The molecule has 116 valence electrons. The summed E-state index contributed by atoms with van der Waals surface area (Å²) in [7, 11) is 0. The van der Waals surface area contributed by atoms with Crippen LogP contribution in [0, 0.1) is 5.92 Å². The van der Waals surface area contributed by atoms with Crippen LogP contribution in [-0.2, 0) is 4.79 Å². The summed E-state index contributed by atoms with van der Waals surface area (Å²) < 4.78 is 0. The van der Waals surface area contributed by atoms with E-state index in [1.54, 1.807) is 0 Å². The number of rotatable bonds is 7. The van der Waals surface area contributed by atoms with Crippen molar-refractivity contribution < 1.29 is 9.59 Å². The molecule has 1 rings (SSSR count). The number of imide groups is 1. The highest BCUT2D eigenvalue weighted by molar-refractivity contribution is 5.95. The molecule has 1 fully saturated rings. The topological polar surface area (TPSA) is 73.5 Å². The number of hydrogen-bond acceptors (Lipinski definition) is 4. The predicted octanol–water partition coefficient (Wildman–Crippen LogP) is 0.544. The zero-order chi connectivity index (χ0) is 14.8. The molecule has 3 N–H and O–H groups in total. The smallest absolute Gasteiger partial charge is 0.321 e. The summed E-state index contributed by atoms with van der Waals surface area (Å²) in [5.41, 5.74) is 0. The van der Waals surface area contributed by atoms with Gasteiger partial charge >= 0.3 is 6.03 Å². The van der Waals surface area contributed by atoms with E-state index in [1.807, 2.05) is 6.92 Å². The molecule has 0 saturated carbocycles. The first kappa shape index (κ1) is 16.9. The Hall–Kier alpha value is -1.14. The minimum absolute atomic E-state index is 0.229. The molecule has 6 nitrogen and oxygen atoms in total.